The number of nitrogens with one attached hydrogen (secondary N) is 1. The molecule has 0 aromatic carbocycles. The van der Waals surface area contributed by atoms with Crippen LogP contribution in [0.25, 0.3) is 0 Å². The SMILES string of the molecule is CC1(CNCC2CCOCC2)CCCS1. The molecule has 2 aliphatic heterocycles. The van der Waals surface area contributed by atoms with E-state index in [0.29, 0.717) is 4.75 Å². The molecule has 0 spiro atoms. The van der Waals surface area contributed by atoms with Gasteiger partial charge in [-0.3, -0.25) is 0 Å². The van der Waals surface area contributed by atoms with Gasteiger partial charge < -0.3 is 10.1 Å². The van der Waals surface area contributed by atoms with Crippen molar-refractivity contribution in [3.8, 4) is 0 Å². The molecule has 0 aliphatic carbocycles. The molecular weight excluding hydrogens is 206 g/mol. The number of thioether (sulfide) groups is 1. The van der Waals surface area contributed by atoms with Crippen molar-refractivity contribution in [2.75, 3.05) is 32.1 Å². The van der Waals surface area contributed by atoms with Gasteiger partial charge in [0.25, 0.3) is 0 Å². The first-order valence-corrected chi connectivity index (χ1v) is 7.19. The van der Waals surface area contributed by atoms with Gasteiger partial charge in [0.05, 0.1) is 0 Å². The summed E-state index contributed by atoms with van der Waals surface area (Å²) in [6.45, 7) is 6.73. The molecule has 2 saturated heterocycles. The summed E-state index contributed by atoms with van der Waals surface area (Å²) < 4.78 is 5.89. The van der Waals surface area contributed by atoms with Gasteiger partial charge in [-0.15, -0.1) is 0 Å². The summed E-state index contributed by atoms with van der Waals surface area (Å²) >= 11 is 2.14. The summed E-state index contributed by atoms with van der Waals surface area (Å²) in [5.74, 6) is 2.21. The molecule has 0 amide bonds. The van der Waals surface area contributed by atoms with E-state index >= 15 is 0 Å². The zero-order chi connectivity index (χ0) is 10.6. The van der Waals surface area contributed by atoms with Gasteiger partial charge in [-0.1, -0.05) is 0 Å². The number of rotatable bonds is 4. The summed E-state index contributed by atoms with van der Waals surface area (Å²) in [7, 11) is 0. The topological polar surface area (TPSA) is 21.3 Å². The van der Waals surface area contributed by atoms with E-state index < -0.39 is 0 Å². The Labute approximate surface area is 97.5 Å². The minimum absolute atomic E-state index is 0.519. The maximum atomic E-state index is 5.37. The summed E-state index contributed by atoms with van der Waals surface area (Å²) in [5.41, 5.74) is 0. The van der Waals surface area contributed by atoms with Crippen molar-refractivity contribution in [1.29, 1.82) is 0 Å². The summed E-state index contributed by atoms with van der Waals surface area (Å²) in [4.78, 5) is 0. The third-order valence-corrected chi connectivity index (χ3v) is 5.11. The van der Waals surface area contributed by atoms with Gasteiger partial charge in [-0.2, -0.15) is 11.8 Å². The Morgan fingerprint density at radius 2 is 2.20 bits per heavy atom. The molecule has 2 fully saturated rings. The van der Waals surface area contributed by atoms with E-state index in [1.54, 1.807) is 0 Å². The van der Waals surface area contributed by atoms with E-state index in [2.05, 4.69) is 24.0 Å². The lowest BCUT2D eigenvalue weighted by molar-refractivity contribution is 0.0662. The van der Waals surface area contributed by atoms with Gasteiger partial charge in [0.15, 0.2) is 0 Å². The second-order valence-corrected chi connectivity index (χ2v) is 6.77. The fourth-order valence-electron chi connectivity index (χ4n) is 2.47. The van der Waals surface area contributed by atoms with Crippen LogP contribution >= 0.6 is 11.8 Å². The zero-order valence-electron chi connectivity index (χ0n) is 9.76. The van der Waals surface area contributed by atoms with Crippen LogP contribution in [-0.2, 0) is 4.74 Å². The molecule has 1 unspecified atom stereocenters. The fraction of sp³-hybridized carbons (Fsp3) is 1.00. The Morgan fingerprint density at radius 1 is 1.40 bits per heavy atom. The largest absolute Gasteiger partial charge is 0.381 e. The van der Waals surface area contributed by atoms with Crippen LogP contribution in [0.2, 0.25) is 0 Å². The van der Waals surface area contributed by atoms with E-state index in [1.165, 1.54) is 44.5 Å². The highest BCUT2D eigenvalue weighted by Gasteiger charge is 2.29. The predicted octanol–water partition coefficient (Wildman–Crippen LogP) is 2.29. The Morgan fingerprint density at radius 3 is 2.87 bits per heavy atom. The zero-order valence-corrected chi connectivity index (χ0v) is 10.6. The molecule has 15 heavy (non-hydrogen) atoms. The van der Waals surface area contributed by atoms with Crippen molar-refractivity contribution in [3.05, 3.63) is 0 Å². The Bertz CT molecular complexity index is 186. The molecule has 3 heteroatoms. The Hall–Kier alpha value is 0.270. The standard InChI is InChI=1S/C12H23NOS/c1-12(5-2-8-15-12)10-13-9-11-3-6-14-7-4-11/h11,13H,2-10H2,1H3. The number of hydrogen-bond donors (Lipinski definition) is 1. The predicted molar refractivity (Wildman–Crippen MR) is 66.5 cm³/mol. The van der Waals surface area contributed by atoms with Crippen LogP contribution in [0.5, 0.6) is 0 Å². The second-order valence-electron chi connectivity index (χ2n) is 5.09. The van der Waals surface area contributed by atoms with Crippen LogP contribution in [0.3, 0.4) is 0 Å². The van der Waals surface area contributed by atoms with Crippen LogP contribution in [-0.4, -0.2) is 36.8 Å². The minimum Gasteiger partial charge on any atom is -0.381 e. The first kappa shape index (κ1) is 11.7. The maximum Gasteiger partial charge on any atom is 0.0469 e. The van der Waals surface area contributed by atoms with E-state index in [-0.39, 0.29) is 0 Å². The molecule has 88 valence electrons. The van der Waals surface area contributed by atoms with Gasteiger partial charge in [-0.05, 0) is 50.8 Å². The maximum absolute atomic E-state index is 5.37. The van der Waals surface area contributed by atoms with Crippen LogP contribution in [0.4, 0.5) is 0 Å². The highest BCUT2D eigenvalue weighted by atomic mass is 32.2. The first-order chi connectivity index (χ1) is 7.29. The summed E-state index contributed by atoms with van der Waals surface area (Å²) in [5, 5.41) is 3.66. The Kier molecular flexibility index (Phi) is 4.35. The lowest BCUT2D eigenvalue weighted by atomic mass is 9.99. The lowest BCUT2D eigenvalue weighted by Gasteiger charge is -2.26. The van der Waals surface area contributed by atoms with Gasteiger partial charge in [0.1, 0.15) is 0 Å². The molecule has 0 aromatic heterocycles. The second kappa shape index (κ2) is 5.55. The number of hydrogen-bond acceptors (Lipinski definition) is 3. The van der Waals surface area contributed by atoms with Gasteiger partial charge in [0, 0.05) is 24.5 Å². The molecule has 2 heterocycles. The van der Waals surface area contributed by atoms with Crippen molar-refractivity contribution in [2.24, 2.45) is 5.92 Å². The van der Waals surface area contributed by atoms with Crippen LogP contribution in [0.15, 0.2) is 0 Å². The molecule has 0 aromatic rings. The third-order valence-electron chi connectivity index (χ3n) is 3.57. The fourth-order valence-corrected chi connectivity index (χ4v) is 3.74. The molecule has 2 rings (SSSR count). The molecule has 2 nitrogen and oxygen atoms in total. The van der Waals surface area contributed by atoms with E-state index in [4.69, 9.17) is 4.74 Å². The molecule has 2 aliphatic rings. The minimum atomic E-state index is 0.519. The monoisotopic (exact) mass is 229 g/mol. The van der Waals surface area contributed by atoms with Gasteiger partial charge >= 0.3 is 0 Å². The quantitative estimate of drug-likeness (QED) is 0.799. The summed E-state index contributed by atoms with van der Waals surface area (Å²) in [6, 6.07) is 0. The van der Waals surface area contributed by atoms with Gasteiger partial charge in [0.2, 0.25) is 0 Å². The van der Waals surface area contributed by atoms with E-state index in [1.807, 2.05) is 0 Å². The summed E-state index contributed by atoms with van der Waals surface area (Å²) in [6.07, 6.45) is 5.28. The molecule has 1 atom stereocenters. The average Bonchev–Trinajstić information content (AvgIpc) is 2.67. The van der Waals surface area contributed by atoms with Crippen LogP contribution in [0, 0.1) is 5.92 Å². The third kappa shape index (κ3) is 3.65. The average molecular weight is 229 g/mol. The van der Waals surface area contributed by atoms with E-state index in [9.17, 15) is 0 Å². The van der Waals surface area contributed by atoms with Crippen molar-refractivity contribution < 1.29 is 4.74 Å². The first-order valence-electron chi connectivity index (χ1n) is 6.21. The highest BCUT2D eigenvalue weighted by molar-refractivity contribution is 8.00. The van der Waals surface area contributed by atoms with Gasteiger partial charge in [-0.25, -0.2) is 0 Å². The van der Waals surface area contributed by atoms with Crippen molar-refractivity contribution in [1.82, 2.24) is 5.32 Å². The van der Waals surface area contributed by atoms with Crippen molar-refractivity contribution in [2.45, 2.75) is 37.4 Å². The smallest absolute Gasteiger partial charge is 0.0469 e. The molecule has 0 saturated carbocycles. The van der Waals surface area contributed by atoms with Crippen LogP contribution < -0.4 is 5.32 Å². The molecular formula is C12H23NOS. The number of ether oxygens (including phenoxy) is 1. The lowest BCUT2D eigenvalue weighted by Crippen LogP contribution is -2.36. The normalized spacial score (nSPS) is 33.4. The van der Waals surface area contributed by atoms with Crippen LogP contribution in [0.1, 0.15) is 32.6 Å². The molecule has 0 radical (unpaired) electrons. The van der Waals surface area contributed by atoms with Crippen molar-refractivity contribution >= 4 is 11.8 Å². The van der Waals surface area contributed by atoms with Crippen molar-refractivity contribution in [3.63, 3.8) is 0 Å². The molecule has 0 bridgehead atoms. The molecule has 1 N–H and O–H groups in total. The Balaban J connectivity index is 1.61. The van der Waals surface area contributed by atoms with E-state index in [0.717, 1.165) is 19.1 Å². The highest BCUT2D eigenvalue weighted by Crippen LogP contribution is 2.36.